The van der Waals surface area contributed by atoms with Crippen LogP contribution in [0.15, 0.2) is 29.2 Å². The third-order valence-corrected chi connectivity index (χ3v) is 5.16. The van der Waals surface area contributed by atoms with E-state index in [1.165, 1.54) is 29.2 Å². The Kier molecular flexibility index (Phi) is 6.33. The molecule has 130 valence electrons. The molecule has 3 N–H and O–H groups in total. The van der Waals surface area contributed by atoms with Crippen molar-refractivity contribution in [2.45, 2.75) is 37.6 Å². The Hall–Kier alpha value is -1.44. The molecule has 0 aromatic heterocycles. The van der Waals surface area contributed by atoms with Crippen molar-refractivity contribution in [2.24, 2.45) is 11.7 Å². The second kappa shape index (κ2) is 7.42. The minimum absolute atomic E-state index is 0.122. The number of carbonyl (C=O) groups is 1. The lowest BCUT2D eigenvalue weighted by Gasteiger charge is -2.30. The molecule has 0 bridgehead atoms. The minimum Gasteiger partial charge on any atom is -0.345 e. The summed E-state index contributed by atoms with van der Waals surface area (Å²) < 4.78 is 27.8. The van der Waals surface area contributed by atoms with Gasteiger partial charge in [0.2, 0.25) is 10.0 Å². The molecule has 0 saturated carbocycles. The van der Waals surface area contributed by atoms with Crippen LogP contribution in [0.2, 0.25) is 0 Å². The number of hydrogen-bond donors (Lipinski definition) is 2. The van der Waals surface area contributed by atoms with Gasteiger partial charge in [-0.25, -0.2) is 13.1 Å². The maximum atomic E-state index is 12.5. The molecule has 1 atom stereocenters. The second-order valence-electron chi connectivity index (χ2n) is 6.69. The topological polar surface area (TPSA) is 92.5 Å². The molecule has 0 aliphatic heterocycles. The molecule has 1 rings (SSSR count). The van der Waals surface area contributed by atoms with Gasteiger partial charge in [-0.1, -0.05) is 13.8 Å². The first-order valence-corrected chi connectivity index (χ1v) is 9.05. The Balaban J connectivity index is 3.02. The van der Waals surface area contributed by atoms with Gasteiger partial charge in [-0.05, 0) is 43.5 Å². The molecule has 6 nitrogen and oxygen atoms in total. The normalized spacial score (nSPS) is 14.6. The van der Waals surface area contributed by atoms with Gasteiger partial charge in [-0.3, -0.25) is 4.79 Å². The number of nitrogens with one attached hydrogen (secondary N) is 1. The van der Waals surface area contributed by atoms with E-state index < -0.39 is 15.6 Å². The molecule has 0 fully saturated rings. The summed E-state index contributed by atoms with van der Waals surface area (Å²) in [5, 5.41) is 0. The molecule has 7 heteroatoms. The number of rotatable bonds is 7. The van der Waals surface area contributed by atoms with Crippen molar-refractivity contribution in [2.75, 3.05) is 20.6 Å². The molecule has 1 aromatic rings. The van der Waals surface area contributed by atoms with E-state index in [1.807, 2.05) is 13.8 Å². The Morgan fingerprint density at radius 2 is 1.78 bits per heavy atom. The van der Waals surface area contributed by atoms with Gasteiger partial charge < -0.3 is 10.6 Å². The molecule has 0 spiro atoms. The molecular formula is C16H27N3O3S. The number of benzene rings is 1. The van der Waals surface area contributed by atoms with Crippen molar-refractivity contribution in [3.8, 4) is 0 Å². The largest absolute Gasteiger partial charge is 0.345 e. The Bertz CT molecular complexity index is 639. The summed E-state index contributed by atoms with van der Waals surface area (Å²) in [5.74, 6) is 0.139. The predicted octanol–water partition coefficient (Wildman–Crippen LogP) is 1.43. The van der Waals surface area contributed by atoms with Crippen molar-refractivity contribution >= 4 is 15.9 Å². The molecule has 0 saturated heterocycles. The summed E-state index contributed by atoms with van der Waals surface area (Å²) in [6.45, 7) is 6.05. The predicted molar refractivity (Wildman–Crippen MR) is 91.7 cm³/mol. The van der Waals surface area contributed by atoms with Crippen molar-refractivity contribution < 1.29 is 13.2 Å². The SMILES string of the molecule is CC(C)CC(C)(CN)NS(=O)(=O)c1ccc(C(=O)N(C)C)cc1. The molecule has 1 amide bonds. The van der Waals surface area contributed by atoms with Gasteiger partial charge in [-0.15, -0.1) is 0 Å². The first-order chi connectivity index (χ1) is 10.5. The highest BCUT2D eigenvalue weighted by atomic mass is 32.2. The van der Waals surface area contributed by atoms with Crippen molar-refractivity contribution in [3.05, 3.63) is 29.8 Å². The molecule has 23 heavy (non-hydrogen) atoms. The second-order valence-corrected chi connectivity index (χ2v) is 8.37. The van der Waals surface area contributed by atoms with E-state index in [9.17, 15) is 13.2 Å². The van der Waals surface area contributed by atoms with Crippen LogP contribution in [-0.4, -0.2) is 45.4 Å². The number of amides is 1. The first-order valence-electron chi connectivity index (χ1n) is 7.56. The number of sulfonamides is 1. The van der Waals surface area contributed by atoms with E-state index in [4.69, 9.17) is 5.73 Å². The highest BCUT2D eigenvalue weighted by Crippen LogP contribution is 2.20. The maximum Gasteiger partial charge on any atom is 0.253 e. The van der Waals surface area contributed by atoms with Gasteiger partial charge in [0.05, 0.1) is 4.90 Å². The van der Waals surface area contributed by atoms with Crippen LogP contribution in [0.5, 0.6) is 0 Å². The Labute approximate surface area is 139 Å². The zero-order valence-electron chi connectivity index (χ0n) is 14.5. The summed E-state index contributed by atoms with van der Waals surface area (Å²) in [6.07, 6.45) is 0.639. The number of hydrogen-bond acceptors (Lipinski definition) is 4. The maximum absolute atomic E-state index is 12.5. The fourth-order valence-corrected chi connectivity index (χ4v) is 3.91. The van der Waals surface area contributed by atoms with E-state index >= 15 is 0 Å². The van der Waals surface area contributed by atoms with Gasteiger partial charge >= 0.3 is 0 Å². The standard InChI is InChI=1S/C16H27N3O3S/c1-12(2)10-16(3,11-17)18-23(21,22)14-8-6-13(7-9-14)15(20)19(4)5/h6-9,12,18H,10-11,17H2,1-5H3. The van der Waals surface area contributed by atoms with Crippen LogP contribution in [0.25, 0.3) is 0 Å². The van der Waals surface area contributed by atoms with E-state index in [0.29, 0.717) is 17.9 Å². The fraction of sp³-hybridized carbons (Fsp3) is 0.562. The molecule has 1 aromatic carbocycles. The molecule has 0 aliphatic carbocycles. The minimum atomic E-state index is -3.69. The lowest BCUT2D eigenvalue weighted by molar-refractivity contribution is 0.0827. The van der Waals surface area contributed by atoms with Gasteiger partial charge in [0.15, 0.2) is 0 Å². The quantitative estimate of drug-likeness (QED) is 0.785. The summed E-state index contributed by atoms with van der Waals surface area (Å²) in [7, 11) is -0.401. The number of carbonyl (C=O) groups excluding carboxylic acids is 1. The third-order valence-electron chi connectivity index (χ3n) is 3.51. The van der Waals surface area contributed by atoms with Gasteiger partial charge in [0, 0.05) is 31.7 Å². The first kappa shape index (κ1) is 19.6. The lowest BCUT2D eigenvalue weighted by atomic mass is 9.92. The lowest BCUT2D eigenvalue weighted by Crippen LogP contribution is -2.51. The zero-order valence-corrected chi connectivity index (χ0v) is 15.3. The molecular weight excluding hydrogens is 314 g/mol. The smallest absolute Gasteiger partial charge is 0.253 e. The summed E-state index contributed by atoms with van der Waals surface area (Å²) in [4.78, 5) is 13.4. The van der Waals surface area contributed by atoms with Crippen LogP contribution in [-0.2, 0) is 10.0 Å². The highest BCUT2D eigenvalue weighted by molar-refractivity contribution is 7.89. The van der Waals surface area contributed by atoms with E-state index in [0.717, 1.165) is 0 Å². The zero-order chi connectivity index (χ0) is 17.8. The fourth-order valence-electron chi connectivity index (χ4n) is 2.49. The molecule has 0 heterocycles. The van der Waals surface area contributed by atoms with Crippen LogP contribution in [0.3, 0.4) is 0 Å². The molecule has 1 unspecified atom stereocenters. The summed E-state index contributed by atoms with van der Waals surface area (Å²) in [6, 6.07) is 5.90. The van der Waals surface area contributed by atoms with Crippen LogP contribution in [0.1, 0.15) is 37.6 Å². The van der Waals surface area contributed by atoms with Crippen molar-refractivity contribution in [3.63, 3.8) is 0 Å². The van der Waals surface area contributed by atoms with E-state index in [2.05, 4.69) is 4.72 Å². The molecule has 0 aliphatic rings. The average Bonchev–Trinajstić information content (AvgIpc) is 2.45. The average molecular weight is 341 g/mol. The van der Waals surface area contributed by atoms with Crippen LogP contribution in [0.4, 0.5) is 0 Å². The Morgan fingerprint density at radius 1 is 1.26 bits per heavy atom. The van der Waals surface area contributed by atoms with Crippen LogP contribution < -0.4 is 10.5 Å². The third kappa shape index (κ3) is 5.30. The summed E-state index contributed by atoms with van der Waals surface area (Å²) in [5.41, 5.74) is 5.50. The van der Waals surface area contributed by atoms with Crippen LogP contribution >= 0.6 is 0 Å². The van der Waals surface area contributed by atoms with Gasteiger partial charge in [-0.2, -0.15) is 0 Å². The molecule has 0 radical (unpaired) electrons. The van der Waals surface area contributed by atoms with Crippen molar-refractivity contribution in [1.29, 1.82) is 0 Å². The van der Waals surface area contributed by atoms with E-state index in [-0.39, 0.29) is 17.3 Å². The number of nitrogens with two attached hydrogens (primary N) is 1. The Morgan fingerprint density at radius 3 is 2.17 bits per heavy atom. The summed E-state index contributed by atoms with van der Waals surface area (Å²) >= 11 is 0. The highest BCUT2D eigenvalue weighted by Gasteiger charge is 2.30. The van der Waals surface area contributed by atoms with Crippen molar-refractivity contribution in [1.82, 2.24) is 9.62 Å². The van der Waals surface area contributed by atoms with E-state index in [1.54, 1.807) is 21.0 Å². The van der Waals surface area contributed by atoms with Gasteiger partial charge in [0.1, 0.15) is 0 Å². The monoisotopic (exact) mass is 341 g/mol. The van der Waals surface area contributed by atoms with Gasteiger partial charge in [0.25, 0.3) is 5.91 Å². The van der Waals surface area contributed by atoms with Crippen LogP contribution in [0, 0.1) is 5.92 Å². The number of nitrogens with zero attached hydrogens (tertiary/aromatic N) is 1.